The maximum atomic E-state index is 11.8. The maximum Gasteiger partial charge on any atom is 0.240 e. The highest BCUT2D eigenvalue weighted by Gasteiger charge is 2.04. The Morgan fingerprint density at radius 3 is 2.19 bits per heavy atom. The van der Waals surface area contributed by atoms with E-state index in [1.807, 2.05) is 49.4 Å². The first-order valence-electron chi connectivity index (χ1n) is 4.97. The molecule has 0 bridgehead atoms. The van der Waals surface area contributed by atoms with Gasteiger partial charge >= 0.3 is 0 Å². The second-order valence-electron chi connectivity index (χ2n) is 3.44. The predicted molar refractivity (Wildman–Crippen MR) is 64.7 cm³/mol. The van der Waals surface area contributed by atoms with E-state index < -0.39 is 11.1 Å². The van der Waals surface area contributed by atoms with Crippen LogP contribution in [-0.2, 0) is 11.1 Å². The summed E-state index contributed by atoms with van der Waals surface area (Å²) in [6.07, 6.45) is 0. The van der Waals surface area contributed by atoms with Gasteiger partial charge in [0.1, 0.15) is 5.75 Å². The molecule has 0 saturated carbocycles. The molecule has 0 unspecified atom stereocenters. The summed E-state index contributed by atoms with van der Waals surface area (Å²) in [6.45, 7) is 2.00. The number of hydrogen-bond donors (Lipinski definition) is 0. The summed E-state index contributed by atoms with van der Waals surface area (Å²) >= 11 is -1.44. The molecule has 2 rings (SSSR count). The molecule has 3 heteroatoms. The van der Waals surface area contributed by atoms with Crippen molar-refractivity contribution in [1.82, 2.24) is 0 Å². The third kappa shape index (κ3) is 2.70. The van der Waals surface area contributed by atoms with Crippen LogP contribution in [0.15, 0.2) is 59.5 Å². The lowest BCUT2D eigenvalue weighted by atomic mass is 10.2. The summed E-state index contributed by atoms with van der Waals surface area (Å²) in [7, 11) is 0. The first-order chi connectivity index (χ1) is 7.75. The highest BCUT2D eigenvalue weighted by atomic mass is 32.2. The van der Waals surface area contributed by atoms with Crippen molar-refractivity contribution in [3.8, 4) is 5.75 Å². The Morgan fingerprint density at radius 1 is 0.938 bits per heavy atom. The van der Waals surface area contributed by atoms with Gasteiger partial charge < -0.3 is 4.18 Å². The van der Waals surface area contributed by atoms with E-state index >= 15 is 0 Å². The average molecular weight is 232 g/mol. The third-order valence-corrected chi connectivity index (χ3v) is 3.13. The summed E-state index contributed by atoms with van der Waals surface area (Å²) in [5.74, 6) is 0.618. The molecule has 0 aliphatic rings. The molecule has 82 valence electrons. The van der Waals surface area contributed by atoms with Gasteiger partial charge in [-0.15, -0.1) is 0 Å². The molecule has 2 nitrogen and oxygen atoms in total. The van der Waals surface area contributed by atoms with Crippen LogP contribution in [0.5, 0.6) is 5.75 Å². The van der Waals surface area contributed by atoms with Crippen LogP contribution < -0.4 is 4.18 Å². The van der Waals surface area contributed by atoms with Crippen LogP contribution in [-0.4, -0.2) is 4.21 Å². The molecule has 0 amide bonds. The van der Waals surface area contributed by atoms with Gasteiger partial charge in [0.15, 0.2) is 0 Å². The SMILES string of the molecule is Cc1ccc(O[S@@](=O)c2ccccc2)cc1. The number of hydrogen-bond acceptors (Lipinski definition) is 2. The molecule has 16 heavy (non-hydrogen) atoms. The number of aryl methyl sites for hydroxylation is 1. The van der Waals surface area contributed by atoms with E-state index in [9.17, 15) is 4.21 Å². The second-order valence-corrected chi connectivity index (χ2v) is 4.55. The zero-order valence-electron chi connectivity index (χ0n) is 8.92. The van der Waals surface area contributed by atoms with Gasteiger partial charge in [-0.1, -0.05) is 35.9 Å². The Morgan fingerprint density at radius 2 is 1.56 bits per heavy atom. The highest BCUT2D eigenvalue weighted by molar-refractivity contribution is 7.80. The number of benzene rings is 2. The van der Waals surface area contributed by atoms with Gasteiger partial charge in [-0.05, 0) is 31.2 Å². The third-order valence-electron chi connectivity index (χ3n) is 2.13. The van der Waals surface area contributed by atoms with Gasteiger partial charge in [-0.3, -0.25) is 0 Å². The standard InChI is InChI=1S/C13H12O2S/c1-11-7-9-12(10-8-11)15-16(14)13-5-3-2-4-6-13/h2-10H,1H3/t16-/m1/s1. The van der Waals surface area contributed by atoms with Crippen molar-refractivity contribution in [2.75, 3.05) is 0 Å². The minimum Gasteiger partial charge on any atom is -0.397 e. The molecule has 0 aliphatic heterocycles. The average Bonchev–Trinajstić information content (AvgIpc) is 2.33. The van der Waals surface area contributed by atoms with Crippen molar-refractivity contribution in [3.05, 3.63) is 60.2 Å². The predicted octanol–water partition coefficient (Wildman–Crippen LogP) is 3.10. The van der Waals surface area contributed by atoms with Gasteiger partial charge in [-0.25, -0.2) is 4.21 Å². The minimum atomic E-state index is -1.44. The lowest BCUT2D eigenvalue weighted by Gasteiger charge is -2.04. The first-order valence-corrected chi connectivity index (χ1v) is 6.05. The van der Waals surface area contributed by atoms with Crippen molar-refractivity contribution in [2.24, 2.45) is 0 Å². The molecule has 1 atom stereocenters. The fourth-order valence-electron chi connectivity index (χ4n) is 1.26. The Kier molecular flexibility index (Phi) is 3.37. The quantitative estimate of drug-likeness (QED) is 0.812. The summed E-state index contributed by atoms with van der Waals surface area (Å²) in [4.78, 5) is 0.670. The van der Waals surface area contributed by atoms with Crippen molar-refractivity contribution >= 4 is 11.1 Å². The zero-order chi connectivity index (χ0) is 11.4. The monoisotopic (exact) mass is 232 g/mol. The fourth-order valence-corrected chi connectivity index (χ4v) is 2.02. The highest BCUT2D eigenvalue weighted by Crippen LogP contribution is 2.15. The van der Waals surface area contributed by atoms with E-state index in [4.69, 9.17) is 4.18 Å². The van der Waals surface area contributed by atoms with Crippen molar-refractivity contribution in [3.63, 3.8) is 0 Å². The molecular formula is C13H12O2S. The van der Waals surface area contributed by atoms with Gasteiger partial charge in [-0.2, -0.15) is 0 Å². The van der Waals surface area contributed by atoms with Gasteiger partial charge in [0, 0.05) is 0 Å². The van der Waals surface area contributed by atoms with Crippen LogP contribution in [0.25, 0.3) is 0 Å². The molecule has 2 aromatic carbocycles. The Balaban J connectivity index is 2.11. The van der Waals surface area contributed by atoms with E-state index in [1.54, 1.807) is 12.1 Å². The van der Waals surface area contributed by atoms with Crippen LogP contribution >= 0.6 is 0 Å². The summed E-state index contributed by atoms with van der Waals surface area (Å²) < 4.78 is 17.1. The van der Waals surface area contributed by atoms with E-state index in [2.05, 4.69) is 0 Å². The van der Waals surface area contributed by atoms with Crippen molar-refractivity contribution in [1.29, 1.82) is 0 Å². The number of rotatable bonds is 3. The molecule has 0 heterocycles. The largest absolute Gasteiger partial charge is 0.397 e. The van der Waals surface area contributed by atoms with Crippen molar-refractivity contribution < 1.29 is 8.39 Å². The van der Waals surface area contributed by atoms with E-state index in [0.717, 1.165) is 5.56 Å². The maximum absolute atomic E-state index is 11.8. The van der Waals surface area contributed by atoms with Crippen LogP contribution in [0.2, 0.25) is 0 Å². The van der Waals surface area contributed by atoms with Gasteiger partial charge in [0.05, 0.1) is 4.90 Å². The van der Waals surface area contributed by atoms with Crippen LogP contribution in [0.3, 0.4) is 0 Å². The lowest BCUT2D eigenvalue weighted by Crippen LogP contribution is -2.00. The van der Waals surface area contributed by atoms with Gasteiger partial charge in [0.2, 0.25) is 11.1 Å². The summed E-state index contributed by atoms with van der Waals surface area (Å²) in [5, 5.41) is 0. The molecule has 0 spiro atoms. The molecule has 0 aromatic heterocycles. The van der Waals surface area contributed by atoms with Gasteiger partial charge in [0.25, 0.3) is 0 Å². The van der Waals surface area contributed by atoms with E-state index in [-0.39, 0.29) is 0 Å². The minimum absolute atomic E-state index is 0.618. The Bertz CT molecular complexity index is 477. The van der Waals surface area contributed by atoms with E-state index in [0.29, 0.717) is 10.6 Å². The lowest BCUT2D eigenvalue weighted by molar-refractivity contribution is 0.562. The van der Waals surface area contributed by atoms with E-state index in [1.165, 1.54) is 0 Å². The second kappa shape index (κ2) is 4.94. The summed E-state index contributed by atoms with van der Waals surface area (Å²) in [6, 6.07) is 16.6. The Hall–Kier alpha value is -1.61. The molecule has 0 N–H and O–H groups in total. The normalized spacial score (nSPS) is 12.1. The molecular weight excluding hydrogens is 220 g/mol. The van der Waals surface area contributed by atoms with Crippen LogP contribution in [0.1, 0.15) is 5.56 Å². The smallest absolute Gasteiger partial charge is 0.240 e. The molecule has 2 aromatic rings. The molecule has 0 fully saturated rings. The fraction of sp³-hybridized carbons (Fsp3) is 0.0769. The molecule has 0 radical (unpaired) electrons. The Labute approximate surface area is 97.6 Å². The molecule has 0 saturated heterocycles. The van der Waals surface area contributed by atoms with Crippen molar-refractivity contribution in [2.45, 2.75) is 11.8 Å². The molecule has 0 aliphatic carbocycles. The van der Waals surface area contributed by atoms with Crippen LogP contribution in [0.4, 0.5) is 0 Å². The topological polar surface area (TPSA) is 26.3 Å². The van der Waals surface area contributed by atoms with Crippen LogP contribution in [0, 0.1) is 6.92 Å². The summed E-state index contributed by atoms with van der Waals surface area (Å²) in [5.41, 5.74) is 1.15. The zero-order valence-corrected chi connectivity index (χ0v) is 9.74. The first kappa shape index (κ1) is 10.9.